The van der Waals surface area contributed by atoms with Crippen molar-refractivity contribution in [1.29, 1.82) is 0 Å². The van der Waals surface area contributed by atoms with Gasteiger partial charge in [0.1, 0.15) is 12.1 Å². The van der Waals surface area contributed by atoms with E-state index in [1.807, 2.05) is 17.5 Å². The molecule has 1 amide bonds. The van der Waals surface area contributed by atoms with Gasteiger partial charge in [-0.3, -0.25) is 9.20 Å². The molecule has 120 valence electrons. The van der Waals surface area contributed by atoms with Crippen molar-refractivity contribution in [1.82, 2.24) is 19.5 Å². The van der Waals surface area contributed by atoms with Crippen molar-refractivity contribution in [2.45, 2.75) is 19.1 Å². The molecule has 0 aromatic carbocycles. The summed E-state index contributed by atoms with van der Waals surface area (Å²) in [6.45, 7) is 1.51. The molecule has 0 bridgehead atoms. The zero-order chi connectivity index (χ0) is 16.4. The molecule has 23 heavy (non-hydrogen) atoms. The molecule has 3 aromatic rings. The molecule has 8 heteroatoms. The molecule has 0 unspecified atom stereocenters. The Hall–Kier alpha value is -2.45. The van der Waals surface area contributed by atoms with Crippen LogP contribution in [-0.4, -0.2) is 31.7 Å². The highest BCUT2D eigenvalue weighted by atomic mass is 32.1. The van der Waals surface area contributed by atoms with Crippen molar-refractivity contribution in [3.63, 3.8) is 0 Å². The van der Waals surface area contributed by atoms with Crippen LogP contribution < -0.4 is 11.0 Å². The molecule has 0 radical (unpaired) electrons. The summed E-state index contributed by atoms with van der Waals surface area (Å²) in [5, 5.41) is 19.0. The lowest BCUT2D eigenvalue weighted by Crippen LogP contribution is -2.40. The Morgan fingerprint density at radius 2 is 2.22 bits per heavy atom. The normalized spacial score (nSPS) is 13.8. The second-order valence-electron chi connectivity index (χ2n) is 5.40. The molecular formula is C15H16N4O3S. The fraction of sp³-hybridized carbons (Fsp3) is 0.267. The van der Waals surface area contributed by atoms with Crippen LogP contribution in [0.15, 0.2) is 46.7 Å². The monoisotopic (exact) mass is 332 g/mol. The summed E-state index contributed by atoms with van der Waals surface area (Å²) in [6.07, 6.45) is 1.60. The van der Waals surface area contributed by atoms with E-state index in [-0.39, 0.29) is 24.7 Å². The summed E-state index contributed by atoms with van der Waals surface area (Å²) in [5.41, 5.74) is -1.04. The quantitative estimate of drug-likeness (QED) is 0.715. The number of aliphatic hydroxyl groups is 1. The smallest absolute Gasteiger partial charge is 0.350 e. The molecule has 0 aliphatic rings. The van der Waals surface area contributed by atoms with Crippen LogP contribution in [0.2, 0.25) is 0 Å². The highest BCUT2D eigenvalue weighted by Gasteiger charge is 2.25. The van der Waals surface area contributed by atoms with Crippen molar-refractivity contribution < 1.29 is 9.90 Å². The van der Waals surface area contributed by atoms with E-state index in [4.69, 9.17) is 0 Å². The topological polar surface area (TPSA) is 88.6 Å². The van der Waals surface area contributed by atoms with Crippen LogP contribution in [0.25, 0.3) is 5.65 Å². The van der Waals surface area contributed by atoms with Crippen LogP contribution in [0, 0.1) is 0 Å². The van der Waals surface area contributed by atoms with E-state index in [2.05, 4.69) is 10.4 Å². The number of pyridine rings is 1. The highest BCUT2D eigenvalue weighted by Crippen LogP contribution is 2.24. The van der Waals surface area contributed by atoms with E-state index in [1.165, 1.54) is 15.7 Å². The second-order valence-corrected chi connectivity index (χ2v) is 6.34. The number of aromatic nitrogens is 3. The third-order valence-electron chi connectivity index (χ3n) is 3.46. The van der Waals surface area contributed by atoms with E-state index >= 15 is 0 Å². The number of hydrogen-bond donors (Lipinski definition) is 2. The minimum absolute atomic E-state index is 0.0640. The average Bonchev–Trinajstić information content (AvgIpc) is 3.16. The fourth-order valence-corrected chi connectivity index (χ4v) is 2.99. The maximum absolute atomic E-state index is 12.1. The predicted molar refractivity (Wildman–Crippen MR) is 86.4 cm³/mol. The van der Waals surface area contributed by atoms with Gasteiger partial charge in [0.15, 0.2) is 5.65 Å². The molecule has 1 atom stereocenters. The number of thiophene rings is 1. The minimum atomic E-state index is -1.15. The Labute approximate surface area is 135 Å². The van der Waals surface area contributed by atoms with Gasteiger partial charge in [0.2, 0.25) is 5.91 Å². The number of nitrogens with one attached hydrogen (secondary N) is 1. The fourth-order valence-electron chi connectivity index (χ4n) is 2.21. The zero-order valence-corrected chi connectivity index (χ0v) is 13.3. The Bertz CT molecular complexity index is 880. The molecule has 0 aliphatic carbocycles. The van der Waals surface area contributed by atoms with Gasteiger partial charge in [-0.2, -0.15) is 0 Å². The molecule has 0 aliphatic heterocycles. The maximum Gasteiger partial charge on any atom is 0.350 e. The number of amides is 1. The third-order valence-corrected chi connectivity index (χ3v) is 4.59. The molecule has 7 nitrogen and oxygen atoms in total. The lowest BCUT2D eigenvalue weighted by atomic mass is 10.1. The van der Waals surface area contributed by atoms with Crippen molar-refractivity contribution in [2.75, 3.05) is 6.54 Å². The lowest BCUT2D eigenvalue weighted by molar-refractivity contribution is -0.123. The van der Waals surface area contributed by atoms with Crippen LogP contribution in [-0.2, 0) is 16.9 Å². The van der Waals surface area contributed by atoms with Crippen molar-refractivity contribution in [2.24, 2.45) is 0 Å². The van der Waals surface area contributed by atoms with Crippen molar-refractivity contribution >= 4 is 22.9 Å². The minimum Gasteiger partial charge on any atom is -0.383 e. The van der Waals surface area contributed by atoms with Crippen molar-refractivity contribution in [3.8, 4) is 0 Å². The van der Waals surface area contributed by atoms with Crippen molar-refractivity contribution in [3.05, 3.63) is 57.3 Å². The number of fused-ring (bicyclic) bond motifs is 1. The van der Waals surface area contributed by atoms with Crippen LogP contribution in [0.1, 0.15) is 11.8 Å². The molecule has 2 N–H and O–H groups in total. The van der Waals surface area contributed by atoms with Gasteiger partial charge in [-0.05, 0) is 30.5 Å². The Balaban J connectivity index is 1.67. The first-order chi connectivity index (χ1) is 11.0. The van der Waals surface area contributed by atoms with Crippen LogP contribution in [0.3, 0.4) is 0 Å². The molecule has 0 saturated heterocycles. The molecule has 0 spiro atoms. The largest absolute Gasteiger partial charge is 0.383 e. The van der Waals surface area contributed by atoms with Crippen LogP contribution >= 0.6 is 11.3 Å². The Kier molecular flexibility index (Phi) is 4.01. The highest BCUT2D eigenvalue weighted by molar-refractivity contribution is 7.10. The van der Waals surface area contributed by atoms with E-state index in [9.17, 15) is 14.7 Å². The van der Waals surface area contributed by atoms with Gasteiger partial charge in [0.05, 0.1) is 6.54 Å². The van der Waals surface area contributed by atoms with Crippen LogP contribution in [0.5, 0.6) is 0 Å². The summed E-state index contributed by atoms with van der Waals surface area (Å²) >= 11 is 1.42. The first kappa shape index (κ1) is 15.4. The lowest BCUT2D eigenvalue weighted by Gasteiger charge is -2.22. The summed E-state index contributed by atoms with van der Waals surface area (Å²) in [4.78, 5) is 24.9. The number of carbonyl (C=O) groups excluding carboxylic acids is 1. The summed E-state index contributed by atoms with van der Waals surface area (Å²) in [7, 11) is 0. The zero-order valence-electron chi connectivity index (χ0n) is 12.5. The van der Waals surface area contributed by atoms with E-state index < -0.39 is 5.60 Å². The van der Waals surface area contributed by atoms with E-state index in [0.717, 1.165) is 9.56 Å². The van der Waals surface area contributed by atoms with E-state index in [1.54, 1.807) is 31.3 Å². The average molecular weight is 332 g/mol. The molecule has 3 heterocycles. The predicted octanol–water partition coefficient (Wildman–Crippen LogP) is 0.581. The van der Waals surface area contributed by atoms with Crippen LogP contribution in [0.4, 0.5) is 0 Å². The van der Waals surface area contributed by atoms with Gasteiger partial charge in [-0.15, -0.1) is 16.4 Å². The molecule has 3 rings (SSSR count). The maximum atomic E-state index is 12.1. The molecular weight excluding hydrogens is 316 g/mol. The van der Waals surface area contributed by atoms with E-state index in [0.29, 0.717) is 5.65 Å². The molecule has 0 saturated carbocycles. The second kappa shape index (κ2) is 5.98. The number of rotatable bonds is 5. The van der Waals surface area contributed by atoms with Gasteiger partial charge in [-0.1, -0.05) is 12.1 Å². The number of nitrogens with zero attached hydrogens (tertiary/aromatic N) is 3. The molecule has 0 fully saturated rings. The Morgan fingerprint density at radius 1 is 1.39 bits per heavy atom. The van der Waals surface area contributed by atoms with Gasteiger partial charge < -0.3 is 10.4 Å². The van der Waals surface area contributed by atoms with Gasteiger partial charge >= 0.3 is 5.69 Å². The first-order valence-electron chi connectivity index (χ1n) is 7.05. The number of carbonyl (C=O) groups is 1. The SMILES string of the molecule is C[C@](O)(CNC(=O)Cn1nc2ccccn2c1=O)c1cccs1. The summed E-state index contributed by atoms with van der Waals surface area (Å²) < 4.78 is 2.47. The van der Waals surface area contributed by atoms with Gasteiger partial charge in [0.25, 0.3) is 0 Å². The molecule has 3 aromatic heterocycles. The summed E-state index contributed by atoms with van der Waals surface area (Å²) in [5.74, 6) is -0.382. The summed E-state index contributed by atoms with van der Waals surface area (Å²) in [6, 6.07) is 8.83. The van der Waals surface area contributed by atoms with Gasteiger partial charge in [0, 0.05) is 11.1 Å². The third kappa shape index (κ3) is 3.17. The number of hydrogen-bond acceptors (Lipinski definition) is 5. The Morgan fingerprint density at radius 3 is 2.91 bits per heavy atom. The standard InChI is InChI=1S/C15H16N4O3S/c1-15(22,11-5-4-8-23-11)10-16-13(20)9-19-14(21)18-7-3-2-6-12(18)17-19/h2-8,22H,9-10H2,1H3,(H,16,20)/t15-/m0/s1. The first-order valence-corrected chi connectivity index (χ1v) is 7.92. The van der Waals surface area contributed by atoms with Gasteiger partial charge in [-0.25, -0.2) is 9.48 Å².